The summed E-state index contributed by atoms with van der Waals surface area (Å²) in [5.41, 5.74) is 3.08. The SMILES string of the molecule is O=C(Nc1nc(CN2CCOCC2)cs1)c1cccn2cc(-c3ccc(F)c(Cl)c3)nc12. The zero-order chi connectivity index (χ0) is 22.1. The lowest BCUT2D eigenvalue weighted by Gasteiger charge is -2.25. The molecule has 4 heterocycles. The summed E-state index contributed by atoms with van der Waals surface area (Å²) < 4.78 is 20.6. The summed E-state index contributed by atoms with van der Waals surface area (Å²) in [6.07, 6.45) is 3.58. The molecule has 0 aliphatic carbocycles. The van der Waals surface area contributed by atoms with E-state index in [9.17, 15) is 9.18 Å². The number of hydrogen-bond acceptors (Lipinski definition) is 6. The van der Waals surface area contributed by atoms with E-state index in [-0.39, 0.29) is 10.9 Å². The summed E-state index contributed by atoms with van der Waals surface area (Å²) >= 11 is 7.30. The number of nitrogens with zero attached hydrogens (tertiary/aromatic N) is 4. The van der Waals surface area contributed by atoms with Gasteiger partial charge in [0.25, 0.3) is 5.91 Å². The van der Waals surface area contributed by atoms with E-state index in [1.165, 1.54) is 23.5 Å². The third kappa shape index (κ3) is 4.37. The number of benzene rings is 1. The number of hydrogen-bond donors (Lipinski definition) is 1. The maximum absolute atomic E-state index is 13.5. The second-order valence-electron chi connectivity index (χ2n) is 7.39. The van der Waals surface area contributed by atoms with Crippen LogP contribution >= 0.6 is 22.9 Å². The predicted octanol–water partition coefficient (Wildman–Crippen LogP) is 4.33. The van der Waals surface area contributed by atoms with Crippen LogP contribution in [0.2, 0.25) is 5.02 Å². The van der Waals surface area contributed by atoms with Crippen LogP contribution in [-0.2, 0) is 11.3 Å². The summed E-state index contributed by atoms with van der Waals surface area (Å²) in [4.78, 5) is 24.4. The van der Waals surface area contributed by atoms with Gasteiger partial charge >= 0.3 is 0 Å². The number of rotatable bonds is 5. The van der Waals surface area contributed by atoms with Gasteiger partial charge in [0.1, 0.15) is 11.5 Å². The molecule has 4 aromatic rings. The molecule has 1 aliphatic rings. The van der Waals surface area contributed by atoms with Crippen LogP contribution in [0.4, 0.5) is 9.52 Å². The molecule has 1 N–H and O–H groups in total. The first kappa shape index (κ1) is 21.0. The molecule has 7 nitrogen and oxygen atoms in total. The van der Waals surface area contributed by atoms with Gasteiger partial charge in [0.2, 0.25) is 0 Å². The van der Waals surface area contributed by atoms with Crippen LogP contribution in [0.3, 0.4) is 0 Å². The lowest BCUT2D eigenvalue weighted by molar-refractivity contribution is 0.0337. The maximum atomic E-state index is 13.5. The molecule has 0 radical (unpaired) electrons. The Kier molecular flexibility index (Phi) is 5.88. The van der Waals surface area contributed by atoms with E-state index in [2.05, 4.69) is 20.2 Å². The second-order valence-corrected chi connectivity index (χ2v) is 8.66. The molecule has 1 amide bonds. The smallest absolute Gasteiger partial charge is 0.261 e. The van der Waals surface area contributed by atoms with E-state index in [4.69, 9.17) is 16.3 Å². The molecule has 5 rings (SSSR count). The van der Waals surface area contributed by atoms with Crippen LogP contribution in [-0.4, -0.2) is 51.5 Å². The van der Waals surface area contributed by atoms with Gasteiger partial charge in [-0.2, -0.15) is 0 Å². The molecule has 0 atom stereocenters. The van der Waals surface area contributed by atoms with Crippen molar-refractivity contribution in [3.8, 4) is 11.3 Å². The number of carbonyl (C=O) groups excluding carboxylic acids is 1. The van der Waals surface area contributed by atoms with Gasteiger partial charge in [-0.3, -0.25) is 15.0 Å². The summed E-state index contributed by atoms with van der Waals surface area (Å²) in [6, 6.07) is 7.91. The highest BCUT2D eigenvalue weighted by Crippen LogP contribution is 2.26. The van der Waals surface area contributed by atoms with Crippen molar-refractivity contribution in [2.75, 3.05) is 31.6 Å². The Labute approximate surface area is 192 Å². The van der Waals surface area contributed by atoms with Crippen molar-refractivity contribution in [2.45, 2.75) is 6.54 Å². The Hall–Kier alpha value is -2.85. The summed E-state index contributed by atoms with van der Waals surface area (Å²) in [7, 11) is 0. The number of nitrogens with one attached hydrogen (secondary N) is 1. The molecule has 1 aliphatic heterocycles. The van der Waals surface area contributed by atoms with E-state index in [1.807, 2.05) is 5.38 Å². The number of thiazole rings is 1. The topological polar surface area (TPSA) is 71.8 Å². The molecule has 0 saturated carbocycles. The fraction of sp³-hybridized carbons (Fsp3) is 0.227. The first-order valence-electron chi connectivity index (χ1n) is 10.1. The molecule has 164 valence electrons. The highest BCUT2D eigenvalue weighted by atomic mass is 35.5. The number of halogens is 2. The lowest BCUT2D eigenvalue weighted by Crippen LogP contribution is -2.35. The Morgan fingerprint density at radius 1 is 1.25 bits per heavy atom. The van der Waals surface area contributed by atoms with E-state index in [1.54, 1.807) is 35.0 Å². The molecule has 0 bridgehead atoms. The van der Waals surface area contributed by atoms with Crippen LogP contribution in [0, 0.1) is 5.82 Å². The van der Waals surface area contributed by atoms with E-state index in [0.717, 1.165) is 38.5 Å². The number of morpholine rings is 1. The molecular formula is C22H19ClFN5O2S. The average molecular weight is 472 g/mol. The number of anilines is 1. The van der Waals surface area contributed by atoms with Crippen LogP contribution < -0.4 is 5.32 Å². The molecule has 3 aromatic heterocycles. The second kappa shape index (κ2) is 8.95. The fourth-order valence-electron chi connectivity index (χ4n) is 3.57. The zero-order valence-corrected chi connectivity index (χ0v) is 18.5. The predicted molar refractivity (Wildman–Crippen MR) is 122 cm³/mol. The average Bonchev–Trinajstić information content (AvgIpc) is 3.43. The first-order valence-corrected chi connectivity index (χ1v) is 11.3. The Bertz CT molecular complexity index is 1280. The molecule has 32 heavy (non-hydrogen) atoms. The Morgan fingerprint density at radius 3 is 2.91 bits per heavy atom. The quantitative estimate of drug-likeness (QED) is 0.469. The van der Waals surface area contributed by atoms with Crippen LogP contribution in [0.5, 0.6) is 0 Å². The summed E-state index contributed by atoms with van der Waals surface area (Å²) in [6.45, 7) is 3.95. The Balaban J connectivity index is 1.35. The van der Waals surface area contributed by atoms with Gasteiger partial charge in [-0.1, -0.05) is 11.6 Å². The van der Waals surface area contributed by atoms with Crippen molar-refractivity contribution >= 4 is 39.6 Å². The van der Waals surface area contributed by atoms with Crippen molar-refractivity contribution in [3.05, 3.63) is 70.2 Å². The van der Waals surface area contributed by atoms with Crippen molar-refractivity contribution in [2.24, 2.45) is 0 Å². The normalized spacial score (nSPS) is 14.7. The van der Waals surface area contributed by atoms with Crippen molar-refractivity contribution < 1.29 is 13.9 Å². The van der Waals surface area contributed by atoms with E-state index >= 15 is 0 Å². The van der Waals surface area contributed by atoms with E-state index < -0.39 is 5.82 Å². The molecular weight excluding hydrogens is 453 g/mol. The summed E-state index contributed by atoms with van der Waals surface area (Å²) in [5.74, 6) is -0.784. The molecule has 1 saturated heterocycles. The number of aromatic nitrogens is 3. The van der Waals surface area contributed by atoms with Crippen molar-refractivity contribution in [3.63, 3.8) is 0 Å². The highest BCUT2D eigenvalue weighted by Gasteiger charge is 2.17. The molecule has 10 heteroatoms. The Morgan fingerprint density at radius 2 is 2.09 bits per heavy atom. The van der Waals surface area contributed by atoms with Gasteiger partial charge in [-0.15, -0.1) is 11.3 Å². The number of ether oxygens (including phenoxy) is 1. The van der Waals surface area contributed by atoms with Gasteiger partial charge < -0.3 is 9.14 Å². The number of imidazole rings is 1. The van der Waals surface area contributed by atoms with E-state index in [0.29, 0.717) is 27.6 Å². The van der Waals surface area contributed by atoms with Crippen LogP contribution in [0.25, 0.3) is 16.9 Å². The third-order valence-electron chi connectivity index (χ3n) is 5.20. The standard InChI is InChI=1S/C22H19ClFN5O2S/c23-17-10-14(3-4-18(17)24)19-12-29-5-1-2-16(20(29)26-19)21(30)27-22-25-15(13-32-22)11-28-6-8-31-9-7-28/h1-5,10,12-13H,6-9,11H2,(H,25,27,30). The number of pyridine rings is 1. The van der Waals surface area contributed by atoms with Gasteiger partial charge in [0.05, 0.1) is 35.2 Å². The third-order valence-corrected chi connectivity index (χ3v) is 6.30. The van der Waals surface area contributed by atoms with Gasteiger partial charge in [0, 0.05) is 43.0 Å². The van der Waals surface area contributed by atoms with Gasteiger partial charge in [0.15, 0.2) is 5.13 Å². The van der Waals surface area contributed by atoms with Crippen LogP contribution in [0.1, 0.15) is 16.1 Å². The minimum atomic E-state index is -0.490. The molecule has 1 fully saturated rings. The lowest BCUT2D eigenvalue weighted by atomic mass is 10.2. The van der Waals surface area contributed by atoms with Crippen molar-refractivity contribution in [1.29, 1.82) is 0 Å². The highest BCUT2D eigenvalue weighted by molar-refractivity contribution is 7.14. The number of amides is 1. The number of carbonyl (C=O) groups is 1. The fourth-order valence-corrected chi connectivity index (χ4v) is 4.45. The zero-order valence-electron chi connectivity index (χ0n) is 16.9. The van der Waals surface area contributed by atoms with Crippen LogP contribution in [0.15, 0.2) is 48.1 Å². The molecule has 0 spiro atoms. The molecule has 0 unspecified atom stereocenters. The largest absolute Gasteiger partial charge is 0.379 e. The first-order chi connectivity index (χ1) is 15.6. The monoisotopic (exact) mass is 471 g/mol. The number of fused-ring (bicyclic) bond motifs is 1. The van der Waals surface area contributed by atoms with Gasteiger partial charge in [-0.25, -0.2) is 14.4 Å². The van der Waals surface area contributed by atoms with Crippen molar-refractivity contribution in [1.82, 2.24) is 19.3 Å². The minimum absolute atomic E-state index is 0.0224. The molecule has 1 aromatic carbocycles. The summed E-state index contributed by atoms with van der Waals surface area (Å²) in [5, 5.41) is 5.39. The minimum Gasteiger partial charge on any atom is -0.379 e. The van der Waals surface area contributed by atoms with Gasteiger partial charge in [-0.05, 0) is 30.3 Å². The maximum Gasteiger partial charge on any atom is 0.261 e.